The van der Waals surface area contributed by atoms with E-state index in [4.69, 9.17) is 4.74 Å². The minimum Gasteiger partial charge on any atom is -0.493 e. The fraction of sp³-hybridized carbons (Fsp3) is 0.333. The molecule has 1 aromatic carbocycles. The molecule has 0 aliphatic carbocycles. The lowest BCUT2D eigenvalue weighted by Crippen LogP contribution is -2.08. The molecule has 0 aromatic heterocycles. The summed E-state index contributed by atoms with van der Waals surface area (Å²) in [4.78, 5) is 0.265. The topological polar surface area (TPSA) is 9.23 Å². The van der Waals surface area contributed by atoms with E-state index in [1.54, 1.807) is 6.92 Å². The summed E-state index contributed by atoms with van der Waals surface area (Å²) in [6, 6.07) is 3.69. The van der Waals surface area contributed by atoms with Gasteiger partial charge in [-0.25, -0.2) is 0 Å². The highest BCUT2D eigenvalue weighted by Crippen LogP contribution is 2.37. The molecule has 0 heterocycles. The van der Waals surface area contributed by atoms with Crippen molar-refractivity contribution < 1.29 is 17.9 Å². The Morgan fingerprint density at radius 3 is 2.50 bits per heavy atom. The summed E-state index contributed by atoms with van der Waals surface area (Å²) in [5.41, 5.74) is -0.785. The molecule has 1 nitrogen and oxygen atoms in total. The van der Waals surface area contributed by atoms with E-state index >= 15 is 0 Å². The van der Waals surface area contributed by atoms with Crippen LogP contribution in [-0.4, -0.2) is 6.61 Å². The van der Waals surface area contributed by atoms with Crippen LogP contribution in [0, 0.1) is 0 Å². The Morgan fingerprint density at radius 1 is 1.36 bits per heavy atom. The molecule has 0 aliphatic rings. The highest BCUT2D eigenvalue weighted by molar-refractivity contribution is 7.80. The average molecular weight is 222 g/mol. The van der Waals surface area contributed by atoms with Crippen molar-refractivity contribution in [2.75, 3.05) is 6.61 Å². The van der Waals surface area contributed by atoms with Crippen molar-refractivity contribution in [3.63, 3.8) is 0 Å². The van der Waals surface area contributed by atoms with Crippen LogP contribution in [0.2, 0.25) is 0 Å². The maximum Gasteiger partial charge on any atom is 0.420 e. The molecular weight excluding hydrogens is 213 g/mol. The summed E-state index contributed by atoms with van der Waals surface area (Å²) < 4.78 is 42.2. The summed E-state index contributed by atoms with van der Waals surface area (Å²) >= 11 is 3.85. The molecule has 0 fully saturated rings. The standard InChI is InChI=1S/C9H9F3OS/c1-2-13-8-4-3-6(14)5-7(8)9(10,11)12/h3-5,14H,2H2,1H3. The second-order valence-electron chi connectivity index (χ2n) is 2.61. The lowest BCUT2D eigenvalue weighted by molar-refractivity contribution is -0.139. The Labute approximate surface area is 85.3 Å². The van der Waals surface area contributed by atoms with Crippen molar-refractivity contribution in [1.29, 1.82) is 0 Å². The molecule has 1 rings (SSSR count). The van der Waals surface area contributed by atoms with E-state index in [1.807, 2.05) is 0 Å². The molecule has 0 saturated carbocycles. The SMILES string of the molecule is CCOc1ccc(S)cc1C(F)(F)F. The van der Waals surface area contributed by atoms with Crippen LogP contribution < -0.4 is 4.74 Å². The number of alkyl halides is 3. The largest absolute Gasteiger partial charge is 0.493 e. The predicted octanol–water partition coefficient (Wildman–Crippen LogP) is 3.39. The molecule has 0 atom stereocenters. The van der Waals surface area contributed by atoms with Gasteiger partial charge in [0.05, 0.1) is 12.2 Å². The Morgan fingerprint density at radius 2 is 2.00 bits per heavy atom. The van der Waals surface area contributed by atoms with Crippen LogP contribution in [-0.2, 0) is 6.18 Å². The van der Waals surface area contributed by atoms with Gasteiger partial charge in [0, 0.05) is 4.90 Å². The monoisotopic (exact) mass is 222 g/mol. The third-order valence-corrected chi connectivity index (χ3v) is 1.85. The fourth-order valence-electron chi connectivity index (χ4n) is 1.02. The van der Waals surface area contributed by atoms with Gasteiger partial charge < -0.3 is 4.74 Å². The molecule has 0 spiro atoms. The van der Waals surface area contributed by atoms with Crippen molar-refractivity contribution in [3.8, 4) is 5.75 Å². The minimum absolute atomic E-state index is 0.155. The highest BCUT2D eigenvalue weighted by Gasteiger charge is 2.34. The minimum atomic E-state index is -4.40. The summed E-state index contributed by atoms with van der Waals surface area (Å²) in [6.45, 7) is 1.84. The zero-order chi connectivity index (χ0) is 10.8. The van der Waals surface area contributed by atoms with E-state index in [0.29, 0.717) is 0 Å². The number of benzene rings is 1. The van der Waals surface area contributed by atoms with E-state index in [-0.39, 0.29) is 17.3 Å². The normalized spacial score (nSPS) is 11.5. The second kappa shape index (κ2) is 4.13. The number of hydrogen-bond acceptors (Lipinski definition) is 2. The Balaban J connectivity index is 3.16. The van der Waals surface area contributed by atoms with Crippen LogP contribution in [0.15, 0.2) is 23.1 Å². The Bertz CT molecular complexity index is 322. The third-order valence-electron chi connectivity index (χ3n) is 1.57. The first kappa shape index (κ1) is 11.2. The molecule has 1 aromatic rings. The van der Waals surface area contributed by atoms with Gasteiger partial charge in [-0.1, -0.05) is 0 Å². The van der Waals surface area contributed by atoms with Gasteiger partial charge in [0.25, 0.3) is 0 Å². The van der Waals surface area contributed by atoms with Crippen molar-refractivity contribution in [1.82, 2.24) is 0 Å². The number of thiol groups is 1. The maximum atomic E-state index is 12.4. The number of hydrogen-bond donors (Lipinski definition) is 1. The van der Waals surface area contributed by atoms with Crippen molar-refractivity contribution in [2.45, 2.75) is 18.0 Å². The molecule has 0 radical (unpaired) electrons. The predicted molar refractivity (Wildman–Crippen MR) is 49.9 cm³/mol. The summed E-state index contributed by atoms with van der Waals surface area (Å²) in [7, 11) is 0. The highest BCUT2D eigenvalue weighted by atomic mass is 32.1. The van der Waals surface area contributed by atoms with Crippen molar-refractivity contribution >= 4 is 12.6 Å². The average Bonchev–Trinajstić information content (AvgIpc) is 2.07. The molecule has 0 bridgehead atoms. The van der Waals surface area contributed by atoms with E-state index in [1.165, 1.54) is 12.1 Å². The maximum absolute atomic E-state index is 12.4. The van der Waals surface area contributed by atoms with E-state index in [0.717, 1.165) is 6.07 Å². The van der Waals surface area contributed by atoms with Crippen LogP contribution >= 0.6 is 12.6 Å². The quantitative estimate of drug-likeness (QED) is 0.754. The van der Waals surface area contributed by atoms with E-state index < -0.39 is 11.7 Å². The lowest BCUT2D eigenvalue weighted by Gasteiger charge is -2.13. The molecule has 0 amide bonds. The number of ether oxygens (including phenoxy) is 1. The van der Waals surface area contributed by atoms with Gasteiger partial charge in [0.15, 0.2) is 0 Å². The summed E-state index contributed by atoms with van der Waals surface area (Å²) in [6.07, 6.45) is -4.40. The first-order valence-electron chi connectivity index (χ1n) is 3.98. The van der Waals surface area contributed by atoms with Crippen LogP contribution in [0.5, 0.6) is 5.75 Å². The van der Waals surface area contributed by atoms with Gasteiger partial charge in [0.1, 0.15) is 5.75 Å². The van der Waals surface area contributed by atoms with Gasteiger partial charge in [-0.05, 0) is 25.1 Å². The Hall–Kier alpha value is -0.840. The number of halogens is 3. The number of rotatable bonds is 2. The summed E-state index contributed by atoms with van der Waals surface area (Å²) in [5, 5.41) is 0. The zero-order valence-electron chi connectivity index (χ0n) is 7.43. The van der Waals surface area contributed by atoms with Crippen LogP contribution in [0.4, 0.5) is 13.2 Å². The Kier molecular flexibility index (Phi) is 3.31. The van der Waals surface area contributed by atoms with Crippen molar-refractivity contribution in [3.05, 3.63) is 23.8 Å². The fourth-order valence-corrected chi connectivity index (χ4v) is 1.22. The van der Waals surface area contributed by atoms with Gasteiger partial charge >= 0.3 is 6.18 Å². The molecule has 14 heavy (non-hydrogen) atoms. The molecular formula is C9H9F3OS. The van der Waals surface area contributed by atoms with Crippen molar-refractivity contribution in [2.24, 2.45) is 0 Å². The molecule has 0 aliphatic heterocycles. The molecule has 0 saturated heterocycles. The lowest BCUT2D eigenvalue weighted by atomic mass is 10.2. The first-order valence-corrected chi connectivity index (χ1v) is 4.43. The second-order valence-corrected chi connectivity index (χ2v) is 3.13. The van der Waals surface area contributed by atoms with E-state index in [2.05, 4.69) is 12.6 Å². The third kappa shape index (κ3) is 2.57. The first-order chi connectivity index (χ1) is 6.45. The molecule has 78 valence electrons. The molecule has 5 heteroatoms. The molecule has 0 unspecified atom stereocenters. The smallest absolute Gasteiger partial charge is 0.420 e. The van der Waals surface area contributed by atoms with E-state index in [9.17, 15) is 13.2 Å². The van der Waals surface area contributed by atoms with Gasteiger partial charge in [-0.15, -0.1) is 12.6 Å². The summed E-state index contributed by atoms with van der Waals surface area (Å²) in [5.74, 6) is -0.155. The van der Waals surface area contributed by atoms with Crippen LogP contribution in [0.3, 0.4) is 0 Å². The van der Waals surface area contributed by atoms with Gasteiger partial charge in [-0.2, -0.15) is 13.2 Å². The van der Waals surface area contributed by atoms with Crippen LogP contribution in [0.1, 0.15) is 12.5 Å². The van der Waals surface area contributed by atoms with Gasteiger partial charge in [0.2, 0.25) is 0 Å². The zero-order valence-corrected chi connectivity index (χ0v) is 8.32. The van der Waals surface area contributed by atoms with Crippen LogP contribution in [0.25, 0.3) is 0 Å². The van der Waals surface area contributed by atoms with Gasteiger partial charge in [-0.3, -0.25) is 0 Å². The molecule has 0 N–H and O–H groups in total.